The van der Waals surface area contributed by atoms with Crippen molar-refractivity contribution in [3.8, 4) is 0 Å². The molecule has 10 heteroatoms. The summed E-state index contributed by atoms with van der Waals surface area (Å²) < 4.78 is 37.7. The first-order valence-corrected chi connectivity index (χ1v) is 4.43. The van der Waals surface area contributed by atoms with Crippen LogP contribution in [0.4, 0.5) is 19.1 Å². The molecule has 0 amide bonds. The van der Waals surface area contributed by atoms with Crippen molar-refractivity contribution in [1.29, 1.82) is 0 Å². The molecule has 5 N–H and O–H groups in total. The van der Waals surface area contributed by atoms with Crippen LogP contribution >= 0.6 is 0 Å². The van der Waals surface area contributed by atoms with Gasteiger partial charge >= 0.3 is 12.1 Å². The van der Waals surface area contributed by atoms with E-state index >= 15 is 0 Å². The first-order chi connectivity index (χ1) is 8.14. The van der Waals surface area contributed by atoms with Gasteiger partial charge in [0.05, 0.1) is 0 Å². The smallest absolute Gasteiger partial charge is 0.433 e. The van der Waals surface area contributed by atoms with E-state index in [2.05, 4.69) is 9.97 Å². The van der Waals surface area contributed by atoms with Crippen molar-refractivity contribution in [2.75, 3.05) is 5.73 Å². The molecule has 18 heavy (non-hydrogen) atoms. The van der Waals surface area contributed by atoms with E-state index in [4.69, 9.17) is 15.9 Å². The van der Waals surface area contributed by atoms with Gasteiger partial charge in [0.1, 0.15) is 6.10 Å². The lowest BCUT2D eigenvalue weighted by molar-refractivity contribution is -0.155. The molecular formula is C8H8F3N3O4. The Morgan fingerprint density at radius 3 is 2.39 bits per heavy atom. The Labute approximate surface area is 97.7 Å². The summed E-state index contributed by atoms with van der Waals surface area (Å²) in [4.78, 5) is 16.5. The Kier molecular flexibility index (Phi) is 3.72. The van der Waals surface area contributed by atoms with E-state index in [1.165, 1.54) is 0 Å². The van der Waals surface area contributed by atoms with Gasteiger partial charge in [-0.25, -0.2) is 14.8 Å². The van der Waals surface area contributed by atoms with Gasteiger partial charge < -0.3 is 21.1 Å². The van der Waals surface area contributed by atoms with Gasteiger partial charge in [-0.15, -0.1) is 0 Å². The minimum absolute atomic E-state index is 0.516. The molecule has 7 nitrogen and oxygen atoms in total. The number of carbonyl (C=O) groups is 1. The molecule has 1 heterocycles. The molecule has 0 spiro atoms. The van der Waals surface area contributed by atoms with Crippen molar-refractivity contribution in [1.82, 2.24) is 9.97 Å². The van der Waals surface area contributed by atoms with Gasteiger partial charge in [-0.3, -0.25) is 0 Å². The van der Waals surface area contributed by atoms with Crippen molar-refractivity contribution in [3.63, 3.8) is 0 Å². The minimum Gasteiger partial charge on any atom is -0.479 e. The maximum absolute atomic E-state index is 12.6. The number of nitrogen functional groups attached to an aromatic ring is 1. The first-order valence-electron chi connectivity index (χ1n) is 4.43. The number of aliphatic hydroxyl groups excluding tert-OH is 2. The van der Waals surface area contributed by atoms with Gasteiger partial charge in [-0.2, -0.15) is 13.2 Å². The monoisotopic (exact) mass is 267 g/mol. The number of rotatable bonds is 3. The van der Waals surface area contributed by atoms with Crippen LogP contribution in [-0.2, 0) is 11.0 Å². The number of aliphatic hydroxyl groups is 2. The quantitative estimate of drug-likeness (QED) is 0.583. The number of nitrogens with two attached hydrogens (primary N) is 1. The first kappa shape index (κ1) is 14.1. The molecule has 0 saturated heterocycles. The second-order valence-electron chi connectivity index (χ2n) is 3.26. The number of alkyl halides is 3. The summed E-state index contributed by atoms with van der Waals surface area (Å²) in [6, 6.07) is 0. The van der Waals surface area contributed by atoms with Crippen molar-refractivity contribution in [2.45, 2.75) is 18.4 Å². The van der Waals surface area contributed by atoms with Crippen LogP contribution in [0, 0.1) is 0 Å². The lowest BCUT2D eigenvalue weighted by Crippen LogP contribution is -2.30. The summed E-state index contributed by atoms with van der Waals surface area (Å²) in [5.41, 5.74) is 2.42. The second kappa shape index (κ2) is 4.74. The molecule has 100 valence electrons. The molecule has 0 aliphatic heterocycles. The SMILES string of the molecule is Nc1ncc(C(O)C(O)C(=O)O)c(C(F)(F)F)n1. The molecule has 2 unspecified atom stereocenters. The van der Waals surface area contributed by atoms with Crippen molar-refractivity contribution in [3.05, 3.63) is 17.5 Å². The molecule has 1 aromatic heterocycles. The topological polar surface area (TPSA) is 130 Å². The van der Waals surface area contributed by atoms with Gasteiger partial charge in [0, 0.05) is 11.8 Å². The standard InChI is InChI=1S/C8H8F3N3O4/c9-8(10,11)5-2(1-13-7(12)14-5)3(15)4(16)6(17)18/h1,3-4,15-16H,(H,17,18)(H2,12,13,14). The van der Waals surface area contributed by atoms with Gasteiger partial charge in [0.25, 0.3) is 0 Å². The lowest BCUT2D eigenvalue weighted by Gasteiger charge is -2.18. The average molecular weight is 267 g/mol. The zero-order valence-electron chi connectivity index (χ0n) is 8.59. The molecular weight excluding hydrogens is 259 g/mol. The van der Waals surface area contributed by atoms with Gasteiger partial charge in [0.2, 0.25) is 5.95 Å². The molecule has 0 bridgehead atoms. The second-order valence-corrected chi connectivity index (χ2v) is 3.26. The summed E-state index contributed by atoms with van der Waals surface area (Å²) in [5, 5.41) is 26.8. The summed E-state index contributed by atoms with van der Waals surface area (Å²) in [6.45, 7) is 0. The van der Waals surface area contributed by atoms with Crippen LogP contribution in [-0.4, -0.2) is 37.4 Å². The van der Waals surface area contributed by atoms with E-state index in [0.29, 0.717) is 6.20 Å². The minimum atomic E-state index is -4.97. The number of nitrogens with zero attached hydrogens (tertiary/aromatic N) is 2. The normalized spacial score (nSPS) is 15.2. The van der Waals surface area contributed by atoms with E-state index < -0.39 is 41.6 Å². The van der Waals surface area contributed by atoms with Crippen molar-refractivity contribution >= 4 is 11.9 Å². The molecule has 1 aromatic rings. The molecule has 0 radical (unpaired) electrons. The fourth-order valence-electron chi connectivity index (χ4n) is 1.15. The van der Waals surface area contributed by atoms with Crippen LogP contribution in [0.2, 0.25) is 0 Å². The van der Waals surface area contributed by atoms with E-state index in [9.17, 15) is 23.1 Å². The largest absolute Gasteiger partial charge is 0.479 e. The van der Waals surface area contributed by atoms with Crippen molar-refractivity contribution < 1.29 is 33.3 Å². The van der Waals surface area contributed by atoms with E-state index in [-0.39, 0.29) is 0 Å². The number of hydrogen-bond donors (Lipinski definition) is 4. The molecule has 0 saturated carbocycles. The average Bonchev–Trinajstić information content (AvgIpc) is 2.25. The molecule has 0 fully saturated rings. The fraction of sp³-hybridized carbons (Fsp3) is 0.375. The molecule has 0 aliphatic carbocycles. The Balaban J connectivity index is 3.28. The number of aliphatic carboxylic acids is 1. The molecule has 1 rings (SSSR count). The zero-order valence-corrected chi connectivity index (χ0v) is 8.59. The van der Waals surface area contributed by atoms with E-state index in [1.54, 1.807) is 0 Å². The van der Waals surface area contributed by atoms with Crippen LogP contribution in [0.1, 0.15) is 17.4 Å². The van der Waals surface area contributed by atoms with Gasteiger partial charge in [0.15, 0.2) is 11.8 Å². The Bertz CT molecular complexity index is 465. The highest BCUT2D eigenvalue weighted by Gasteiger charge is 2.40. The van der Waals surface area contributed by atoms with E-state index in [1.807, 2.05) is 0 Å². The number of anilines is 1. The number of carboxylic acid groups (broad SMARTS) is 1. The predicted octanol–water partition coefficient (Wildman–Crippen LogP) is -0.444. The fourth-order valence-corrected chi connectivity index (χ4v) is 1.15. The lowest BCUT2D eigenvalue weighted by atomic mass is 10.0. The van der Waals surface area contributed by atoms with Gasteiger partial charge in [-0.1, -0.05) is 0 Å². The van der Waals surface area contributed by atoms with E-state index in [0.717, 1.165) is 0 Å². The summed E-state index contributed by atoms with van der Waals surface area (Å²) in [7, 11) is 0. The molecule has 0 aromatic carbocycles. The number of carboxylic acids is 1. The Morgan fingerprint density at radius 1 is 1.39 bits per heavy atom. The highest BCUT2D eigenvalue weighted by molar-refractivity contribution is 5.73. The zero-order chi connectivity index (χ0) is 14.1. The number of halogens is 3. The summed E-state index contributed by atoms with van der Waals surface area (Å²) in [6.07, 6.45) is -9.20. The third-order valence-corrected chi connectivity index (χ3v) is 1.97. The Morgan fingerprint density at radius 2 is 1.94 bits per heavy atom. The summed E-state index contributed by atoms with van der Waals surface area (Å²) in [5.74, 6) is -2.57. The van der Waals surface area contributed by atoms with Crippen LogP contribution in [0.3, 0.4) is 0 Å². The highest BCUT2D eigenvalue weighted by atomic mass is 19.4. The van der Waals surface area contributed by atoms with Crippen LogP contribution in [0.5, 0.6) is 0 Å². The third-order valence-electron chi connectivity index (χ3n) is 1.97. The van der Waals surface area contributed by atoms with Gasteiger partial charge in [-0.05, 0) is 0 Å². The number of aromatic nitrogens is 2. The summed E-state index contributed by atoms with van der Waals surface area (Å²) >= 11 is 0. The molecule has 2 atom stereocenters. The maximum atomic E-state index is 12.6. The Hall–Kier alpha value is -1.94. The number of hydrogen-bond acceptors (Lipinski definition) is 6. The maximum Gasteiger partial charge on any atom is 0.433 e. The van der Waals surface area contributed by atoms with Crippen LogP contribution in [0.25, 0.3) is 0 Å². The van der Waals surface area contributed by atoms with Crippen molar-refractivity contribution in [2.24, 2.45) is 0 Å². The van der Waals surface area contributed by atoms with Crippen LogP contribution < -0.4 is 5.73 Å². The third kappa shape index (κ3) is 2.84. The highest BCUT2D eigenvalue weighted by Crippen LogP contribution is 2.34. The predicted molar refractivity (Wildman–Crippen MR) is 50.0 cm³/mol. The molecule has 0 aliphatic rings. The van der Waals surface area contributed by atoms with Crippen LogP contribution in [0.15, 0.2) is 6.20 Å².